The molecule has 0 aliphatic heterocycles. The zero-order valence-corrected chi connectivity index (χ0v) is 9.04. The van der Waals surface area contributed by atoms with Crippen LogP contribution in [0.15, 0.2) is 18.2 Å². The molecule has 70 valence electrons. The fraction of sp³-hybridized carbons (Fsp3) is 0.333. The van der Waals surface area contributed by atoms with Crippen molar-refractivity contribution < 1.29 is 4.92 Å². The lowest BCUT2D eigenvalue weighted by Gasteiger charge is -2.04. The first-order valence-corrected chi connectivity index (χ1v) is 4.82. The Morgan fingerprint density at radius 2 is 2.08 bits per heavy atom. The van der Waals surface area contributed by atoms with Gasteiger partial charge in [0.15, 0.2) is 0 Å². The number of halogens is 1. The molecule has 0 spiro atoms. The molecule has 0 fully saturated rings. The second kappa shape index (κ2) is 3.87. The van der Waals surface area contributed by atoms with Gasteiger partial charge < -0.3 is 0 Å². The maximum Gasteiger partial charge on any atom is 0.270 e. The number of alkyl halides is 1. The molecule has 0 aromatic heterocycles. The van der Waals surface area contributed by atoms with Crippen LogP contribution in [0.5, 0.6) is 0 Å². The van der Waals surface area contributed by atoms with Gasteiger partial charge in [0.25, 0.3) is 5.69 Å². The number of non-ortho nitro benzene ring substituents is 1. The summed E-state index contributed by atoms with van der Waals surface area (Å²) in [5.41, 5.74) is 2.00. The van der Waals surface area contributed by atoms with Gasteiger partial charge in [-0.25, -0.2) is 0 Å². The molecule has 1 aromatic carbocycles. The SMILES string of the molecule is Cc1cc(C(C)Br)cc([N+](=O)[O-])c1. The number of nitrogens with zero attached hydrogens (tertiary/aromatic N) is 1. The minimum absolute atomic E-state index is 0.145. The summed E-state index contributed by atoms with van der Waals surface area (Å²) in [6, 6.07) is 5.09. The van der Waals surface area contributed by atoms with Gasteiger partial charge in [0, 0.05) is 17.0 Å². The molecule has 13 heavy (non-hydrogen) atoms. The fourth-order valence-corrected chi connectivity index (χ4v) is 1.39. The van der Waals surface area contributed by atoms with E-state index in [0.29, 0.717) is 0 Å². The Hall–Kier alpha value is -0.900. The monoisotopic (exact) mass is 243 g/mol. The van der Waals surface area contributed by atoms with Gasteiger partial charge >= 0.3 is 0 Å². The minimum Gasteiger partial charge on any atom is -0.258 e. The third-order valence-corrected chi connectivity index (χ3v) is 2.28. The molecular formula is C9H10BrNO2. The molecule has 0 bridgehead atoms. The Kier molecular flexibility index (Phi) is 3.03. The Balaban J connectivity index is 3.19. The summed E-state index contributed by atoms with van der Waals surface area (Å²) >= 11 is 3.38. The lowest BCUT2D eigenvalue weighted by molar-refractivity contribution is -0.385. The standard InChI is InChI=1S/C9H10BrNO2/c1-6-3-8(7(2)10)5-9(4-6)11(12)13/h3-5,7H,1-2H3. The van der Waals surface area contributed by atoms with Crippen molar-refractivity contribution in [1.29, 1.82) is 0 Å². The van der Waals surface area contributed by atoms with Gasteiger partial charge in [0.05, 0.1) is 4.92 Å². The summed E-state index contributed by atoms with van der Waals surface area (Å²) in [7, 11) is 0. The Bertz CT molecular complexity index is 336. The minimum atomic E-state index is -0.369. The molecule has 1 rings (SSSR count). The average Bonchev–Trinajstić information content (AvgIpc) is 2.03. The van der Waals surface area contributed by atoms with Crippen LogP contribution in [0.25, 0.3) is 0 Å². The predicted octanol–water partition coefficient (Wildman–Crippen LogP) is 3.36. The van der Waals surface area contributed by atoms with E-state index in [9.17, 15) is 10.1 Å². The van der Waals surface area contributed by atoms with Gasteiger partial charge in [0.2, 0.25) is 0 Å². The van der Waals surface area contributed by atoms with Crippen LogP contribution in [0, 0.1) is 17.0 Å². The quantitative estimate of drug-likeness (QED) is 0.454. The van der Waals surface area contributed by atoms with E-state index in [1.807, 2.05) is 19.9 Å². The second-order valence-electron chi connectivity index (χ2n) is 2.98. The molecule has 0 aliphatic carbocycles. The predicted molar refractivity (Wildman–Crippen MR) is 55.2 cm³/mol. The molecule has 0 saturated heterocycles. The summed E-state index contributed by atoms with van der Waals surface area (Å²) < 4.78 is 0. The van der Waals surface area contributed by atoms with E-state index in [2.05, 4.69) is 15.9 Å². The number of nitro benzene ring substituents is 1. The van der Waals surface area contributed by atoms with Crippen molar-refractivity contribution in [2.24, 2.45) is 0 Å². The van der Waals surface area contributed by atoms with Crippen molar-refractivity contribution >= 4 is 21.6 Å². The molecule has 1 atom stereocenters. The summed E-state index contributed by atoms with van der Waals surface area (Å²) in [6.07, 6.45) is 0. The zero-order valence-electron chi connectivity index (χ0n) is 7.45. The first kappa shape index (κ1) is 10.2. The molecule has 0 saturated carbocycles. The largest absolute Gasteiger partial charge is 0.270 e. The molecule has 1 unspecified atom stereocenters. The highest BCUT2D eigenvalue weighted by Gasteiger charge is 2.10. The van der Waals surface area contributed by atoms with Crippen molar-refractivity contribution in [3.8, 4) is 0 Å². The number of benzene rings is 1. The first-order chi connectivity index (χ1) is 6.00. The lowest BCUT2D eigenvalue weighted by atomic mass is 10.1. The highest BCUT2D eigenvalue weighted by molar-refractivity contribution is 9.09. The van der Waals surface area contributed by atoms with Crippen LogP contribution >= 0.6 is 15.9 Å². The van der Waals surface area contributed by atoms with Crippen molar-refractivity contribution in [1.82, 2.24) is 0 Å². The van der Waals surface area contributed by atoms with E-state index in [-0.39, 0.29) is 15.4 Å². The van der Waals surface area contributed by atoms with Crippen LogP contribution in [0.4, 0.5) is 5.69 Å². The number of aryl methyl sites for hydroxylation is 1. The van der Waals surface area contributed by atoms with Crippen LogP contribution in [0.3, 0.4) is 0 Å². The van der Waals surface area contributed by atoms with Crippen LogP contribution in [0.2, 0.25) is 0 Å². The molecular weight excluding hydrogens is 234 g/mol. The van der Waals surface area contributed by atoms with E-state index in [0.717, 1.165) is 11.1 Å². The van der Waals surface area contributed by atoms with E-state index in [1.165, 1.54) is 0 Å². The molecule has 0 radical (unpaired) electrons. The van der Waals surface area contributed by atoms with Crippen molar-refractivity contribution in [3.05, 3.63) is 39.4 Å². The molecule has 3 nitrogen and oxygen atoms in total. The van der Waals surface area contributed by atoms with Crippen LogP contribution in [0.1, 0.15) is 22.9 Å². The van der Waals surface area contributed by atoms with Gasteiger partial charge in [-0.15, -0.1) is 0 Å². The van der Waals surface area contributed by atoms with E-state index >= 15 is 0 Å². The molecule has 0 heterocycles. The normalized spacial score (nSPS) is 12.5. The smallest absolute Gasteiger partial charge is 0.258 e. The number of hydrogen-bond donors (Lipinski definition) is 0. The maximum absolute atomic E-state index is 10.5. The third-order valence-electron chi connectivity index (χ3n) is 1.75. The molecule has 0 aliphatic rings. The summed E-state index contributed by atoms with van der Waals surface area (Å²) in [6.45, 7) is 3.80. The van der Waals surface area contributed by atoms with Crippen molar-refractivity contribution in [2.75, 3.05) is 0 Å². The van der Waals surface area contributed by atoms with E-state index in [1.54, 1.807) is 12.1 Å². The first-order valence-electron chi connectivity index (χ1n) is 3.91. The Morgan fingerprint density at radius 3 is 2.54 bits per heavy atom. The summed E-state index contributed by atoms with van der Waals surface area (Å²) in [4.78, 5) is 10.3. The number of rotatable bonds is 2. The maximum atomic E-state index is 10.5. The Labute approximate surface area is 85.0 Å². The molecule has 0 N–H and O–H groups in total. The van der Waals surface area contributed by atoms with E-state index < -0.39 is 0 Å². The van der Waals surface area contributed by atoms with Gasteiger partial charge in [-0.05, 0) is 25.0 Å². The van der Waals surface area contributed by atoms with Gasteiger partial charge in [-0.1, -0.05) is 22.0 Å². The molecule has 1 aromatic rings. The number of hydrogen-bond acceptors (Lipinski definition) is 2. The summed E-state index contributed by atoms with van der Waals surface area (Å²) in [5, 5.41) is 10.5. The lowest BCUT2D eigenvalue weighted by Crippen LogP contribution is -1.92. The second-order valence-corrected chi connectivity index (χ2v) is 4.35. The molecule has 4 heteroatoms. The Morgan fingerprint density at radius 1 is 1.46 bits per heavy atom. The number of nitro groups is 1. The van der Waals surface area contributed by atoms with Gasteiger partial charge in [-0.2, -0.15) is 0 Å². The fourth-order valence-electron chi connectivity index (χ4n) is 1.13. The third kappa shape index (κ3) is 2.52. The van der Waals surface area contributed by atoms with Crippen LogP contribution in [-0.2, 0) is 0 Å². The van der Waals surface area contributed by atoms with Gasteiger partial charge in [0.1, 0.15) is 0 Å². The van der Waals surface area contributed by atoms with Crippen molar-refractivity contribution in [3.63, 3.8) is 0 Å². The van der Waals surface area contributed by atoms with E-state index in [4.69, 9.17) is 0 Å². The zero-order chi connectivity index (χ0) is 10.0. The van der Waals surface area contributed by atoms with Crippen molar-refractivity contribution in [2.45, 2.75) is 18.7 Å². The topological polar surface area (TPSA) is 43.1 Å². The average molecular weight is 244 g/mol. The molecule has 0 amide bonds. The van der Waals surface area contributed by atoms with Crippen LogP contribution < -0.4 is 0 Å². The summed E-state index contributed by atoms with van der Waals surface area (Å²) in [5.74, 6) is 0. The van der Waals surface area contributed by atoms with Gasteiger partial charge in [-0.3, -0.25) is 10.1 Å². The highest BCUT2D eigenvalue weighted by Crippen LogP contribution is 2.26. The van der Waals surface area contributed by atoms with Crippen LogP contribution in [-0.4, -0.2) is 4.92 Å². The highest BCUT2D eigenvalue weighted by atomic mass is 79.9.